The van der Waals surface area contributed by atoms with E-state index in [1.165, 1.54) is 12.2 Å². The molecule has 0 fully saturated rings. The summed E-state index contributed by atoms with van der Waals surface area (Å²) in [6.45, 7) is 1.05. The van der Waals surface area contributed by atoms with Crippen molar-refractivity contribution in [2.45, 2.75) is 6.42 Å². The first-order valence-electron chi connectivity index (χ1n) is 2.10. The maximum Gasteiger partial charge on any atom is 0.0541 e. The molecular formula is C4H8ClNS. The van der Waals surface area contributed by atoms with Crippen molar-refractivity contribution in [2.24, 2.45) is 4.99 Å². The van der Waals surface area contributed by atoms with Crippen LogP contribution < -0.4 is 0 Å². The smallest absolute Gasteiger partial charge is 0.0541 e. The summed E-state index contributed by atoms with van der Waals surface area (Å²) in [5.41, 5.74) is 1.93. The molecule has 1 aliphatic heterocycles. The third kappa shape index (κ3) is 2.94. The van der Waals surface area contributed by atoms with Gasteiger partial charge in [-0.15, -0.1) is 24.2 Å². The van der Waals surface area contributed by atoms with Crippen molar-refractivity contribution < 1.29 is 0 Å². The maximum absolute atomic E-state index is 4.02. The molecule has 0 spiro atoms. The average molecular weight is 138 g/mol. The Bertz CT molecular complexity index is 56.7. The Labute approximate surface area is 54.0 Å². The highest BCUT2D eigenvalue weighted by molar-refractivity contribution is 8.12. The highest BCUT2D eigenvalue weighted by Gasteiger charge is 1.88. The van der Waals surface area contributed by atoms with Crippen molar-refractivity contribution >= 4 is 29.7 Å². The molecule has 0 aliphatic carbocycles. The van der Waals surface area contributed by atoms with Crippen molar-refractivity contribution in [1.29, 1.82) is 0 Å². The van der Waals surface area contributed by atoms with Gasteiger partial charge in [0.15, 0.2) is 0 Å². The van der Waals surface area contributed by atoms with Crippen LogP contribution in [-0.4, -0.2) is 17.8 Å². The van der Waals surface area contributed by atoms with Crippen LogP contribution in [0, 0.1) is 0 Å². The van der Waals surface area contributed by atoms with E-state index in [0.29, 0.717) is 0 Å². The van der Waals surface area contributed by atoms with Gasteiger partial charge in [0.25, 0.3) is 0 Å². The summed E-state index contributed by atoms with van der Waals surface area (Å²) in [6, 6.07) is 0. The van der Waals surface area contributed by atoms with Crippen LogP contribution in [0.4, 0.5) is 0 Å². The van der Waals surface area contributed by atoms with E-state index >= 15 is 0 Å². The van der Waals surface area contributed by atoms with Gasteiger partial charge >= 0.3 is 0 Å². The summed E-state index contributed by atoms with van der Waals surface area (Å²) in [5.74, 6) is 1.27. The van der Waals surface area contributed by atoms with Crippen LogP contribution in [0.1, 0.15) is 6.42 Å². The van der Waals surface area contributed by atoms with Gasteiger partial charge in [0.2, 0.25) is 0 Å². The summed E-state index contributed by atoms with van der Waals surface area (Å²) >= 11 is 1.80. The fraction of sp³-hybridized carbons (Fsp3) is 0.750. The molecule has 0 N–H and O–H groups in total. The first-order valence-corrected chi connectivity index (χ1v) is 3.15. The molecule has 0 aromatic rings. The van der Waals surface area contributed by atoms with Gasteiger partial charge in [-0.1, -0.05) is 0 Å². The fourth-order valence-corrected chi connectivity index (χ4v) is 1.01. The van der Waals surface area contributed by atoms with Crippen molar-refractivity contribution in [3.8, 4) is 0 Å². The lowest BCUT2D eigenvalue weighted by Crippen LogP contribution is -1.89. The number of halogens is 1. The SMILES string of the molecule is C1=NCCCS1.Cl. The van der Waals surface area contributed by atoms with Crippen molar-refractivity contribution in [3.05, 3.63) is 0 Å². The number of hydrogen-bond donors (Lipinski definition) is 0. The van der Waals surface area contributed by atoms with Gasteiger partial charge in [0, 0.05) is 12.3 Å². The van der Waals surface area contributed by atoms with Gasteiger partial charge in [-0.05, 0) is 6.42 Å². The van der Waals surface area contributed by atoms with E-state index in [-0.39, 0.29) is 12.4 Å². The Morgan fingerprint density at radius 1 is 1.57 bits per heavy atom. The van der Waals surface area contributed by atoms with E-state index in [9.17, 15) is 0 Å². The second-order valence-corrected chi connectivity index (χ2v) is 2.19. The summed E-state index contributed by atoms with van der Waals surface area (Å²) in [5, 5.41) is 0. The summed E-state index contributed by atoms with van der Waals surface area (Å²) in [7, 11) is 0. The molecule has 1 nitrogen and oxygen atoms in total. The zero-order valence-electron chi connectivity index (χ0n) is 3.96. The Morgan fingerprint density at radius 2 is 2.43 bits per heavy atom. The molecule has 0 aromatic heterocycles. The van der Waals surface area contributed by atoms with Crippen molar-refractivity contribution in [3.63, 3.8) is 0 Å². The Kier molecular flexibility index (Phi) is 4.67. The third-order valence-electron chi connectivity index (χ3n) is 0.698. The van der Waals surface area contributed by atoms with Crippen LogP contribution in [0.3, 0.4) is 0 Å². The molecular weight excluding hydrogens is 130 g/mol. The molecule has 0 atom stereocenters. The van der Waals surface area contributed by atoms with Crippen LogP contribution >= 0.6 is 24.2 Å². The molecule has 3 heteroatoms. The lowest BCUT2D eigenvalue weighted by atomic mass is 10.5. The second kappa shape index (κ2) is 4.47. The number of thioether (sulfide) groups is 1. The topological polar surface area (TPSA) is 12.4 Å². The minimum Gasteiger partial charge on any atom is -0.286 e. The fourth-order valence-electron chi connectivity index (χ4n) is 0.397. The van der Waals surface area contributed by atoms with Crippen molar-refractivity contribution in [1.82, 2.24) is 0 Å². The first kappa shape index (κ1) is 7.31. The van der Waals surface area contributed by atoms with E-state index < -0.39 is 0 Å². The minimum atomic E-state index is 0. The Balaban J connectivity index is 0.000000360. The minimum absolute atomic E-state index is 0. The van der Waals surface area contributed by atoms with Gasteiger partial charge < -0.3 is 0 Å². The van der Waals surface area contributed by atoms with Gasteiger partial charge in [-0.3, -0.25) is 4.99 Å². The largest absolute Gasteiger partial charge is 0.286 e. The predicted molar refractivity (Wildman–Crippen MR) is 37.7 cm³/mol. The summed E-state index contributed by atoms with van der Waals surface area (Å²) in [6.07, 6.45) is 1.27. The van der Waals surface area contributed by atoms with Crippen LogP contribution in [-0.2, 0) is 0 Å². The Morgan fingerprint density at radius 3 is 2.57 bits per heavy atom. The predicted octanol–water partition coefficient (Wildman–Crippen LogP) is 1.57. The zero-order chi connectivity index (χ0) is 4.24. The molecule has 7 heavy (non-hydrogen) atoms. The molecule has 0 amide bonds. The monoisotopic (exact) mass is 137 g/mol. The summed E-state index contributed by atoms with van der Waals surface area (Å²) in [4.78, 5) is 4.02. The van der Waals surface area contributed by atoms with Crippen LogP contribution in [0.25, 0.3) is 0 Å². The Hall–Kier alpha value is 0.310. The van der Waals surface area contributed by atoms with Crippen LogP contribution in [0.15, 0.2) is 4.99 Å². The molecule has 0 saturated carbocycles. The number of hydrogen-bond acceptors (Lipinski definition) is 2. The normalized spacial score (nSPS) is 18.3. The average Bonchev–Trinajstić information content (AvgIpc) is 1.72. The van der Waals surface area contributed by atoms with Crippen LogP contribution in [0.5, 0.6) is 0 Å². The maximum atomic E-state index is 4.02. The quantitative estimate of drug-likeness (QED) is 0.494. The van der Waals surface area contributed by atoms with E-state index in [1.54, 1.807) is 11.8 Å². The third-order valence-corrected chi connectivity index (χ3v) is 1.52. The van der Waals surface area contributed by atoms with Gasteiger partial charge in [-0.25, -0.2) is 0 Å². The highest BCUT2D eigenvalue weighted by atomic mass is 35.5. The molecule has 0 unspecified atom stereocenters. The molecule has 1 rings (SSSR count). The number of nitrogens with zero attached hydrogens (tertiary/aromatic N) is 1. The summed E-state index contributed by atoms with van der Waals surface area (Å²) < 4.78 is 0. The second-order valence-electron chi connectivity index (χ2n) is 1.24. The van der Waals surface area contributed by atoms with Gasteiger partial charge in [0.1, 0.15) is 0 Å². The lowest BCUT2D eigenvalue weighted by molar-refractivity contribution is 0.944. The number of aliphatic imine (C=N–C) groups is 1. The first-order chi connectivity index (χ1) is 3.00. The van der Waals surface area contributed by atoms with E-state index in [0.717, 1.165) is 6.54 Å². The van der Waals surface area contributed by atoms with Gasteiger partial charge in [-0.2, -0.15) is 0 Å². The molecule has 0 aromatic carbocycles. The highest BCUT2D eigenvalue weighted by Crippen LogP contribution is 2.02. The molecule has 0 saturated heterocycles. The molecule has 0 bridgehead atoms. The van der Waals surface area contributed by atoms with E-state index in [1.807, 2.05) is 5.55 Å². The van der Waals surface area contributed by atoms with Crippen LogP contribution in [0.2, 0.25) is 0 Å². The molecule has 1 heterocycles. The molecule has 42 valence electrons. The standard InChI is InChI=1S/C4H7NS.ClH/c1-2-5-4-6-3-1;/h4H,1-3H2;1H. The van der Waals surface area contributed by atoms with E-state index in [2.05, 4.69) is 4.99 Å². The number of rotatable bonds is 0. The van der Waals surface area contributed by atoms with Crippen molar-refractivity contribution in [2.75, 3.05) is 12.3 Å². The molecule has 0 radical (unpaired) electrons. The van der Waals surface area contributed by atoms with Gasteiger partial charge in [0.05, 0.1) is 5.55 Å². The van der Waals surface area contributed by atoms with E-state index in [4.69, 9.17) is 0 Å². The molecule has 1 aliphatic rings. The lowest BCUT2D eigenvalue weighted by Gasteiger charge is -1.97. The zero-order valence-corrected chi connectivity index (χ0v) is 5.60.